The van der Waals surface area contributed by atoms with E-state index in [-0.39, 0.29) is 0 Å². The molecule has 0 radical (unpaired) electrons. The van der Waals surface area contributed by atoms with E-state index in [1.807, 2.05) is 30.3 Å². The van der Waals surface area contributed by atoms with E-state index in [9.17, 15) is 0 Å². The smallest absolute Gasteiger partial charge is 0.277 e. The quantitative estimate of drug-likeness (QED) is 0.741. The summed E-state index contributed by atoms with van der Waals surface area (Å²) in [4.78, 5) is 5.59. The summed E-state index contributed by atoms with van der Waals surface area (Å²) >= 11 is 0. The fraction of sp³-hybridized carbons (Fsp3) is 0.500. The SMILES string of the molecule is c1ccc(C2=NOC3(CCCCCC3)O2)cc1. The third kappa shape index (κ3) is 2.14. The molecule has 1 saturated carbocycles. The Labute approximate surface area is 101 Å². The van der Waals surface area contributed by atoms with Crippen LogP contribution in [0, 0.1) is 0 Å². The topological polar surface area (TPSA) is 30.8 Å². The largest absolute Gasteiger partial charge is 0.430 e. The predicted molar refractivity (Wildman–Crippen MR) is 65.6 cm³/mol. The van der Waals surface area contributed by atoms with E-state index >= 15 is 0 Å². The Morgan fingerprint density at radius 2 is 1.65 bits per heavy atom. The summed E-state index contributed by atoms with van der Waals surface area (Å²) in [5, 5.41) is 4.12. The molecule has 3 heteroatoms. The molecule has 3 rings (SSSR count). The lowest BCUT2D eigenvalue weighted by atomic mass is 10.1. The van der Waals surface area contributed by atoms with E-state index in [1.165, 1.54) is 12.8 Å². The highest BCUT2D eigenvalue weighted by molar-refractivity contribution is 5.94. The monoisotopic (exact) mass is 231 g/mol. The summed E-state index contributed by atoms with van der Waals surface area (Å²) in [6, 6.07) is 9.95. The van der Waals surface area contributed by atoms with Crippen molar-refractivity contribution in [1.29, 1.82) is 0 Å². The predicted octanol–water partition coefficient (Wildman–Crippen LogP) is 3.45. The van der Waals surface area contributed by atoms with Crippen molar-refractivity contribution in [3.8, 4) is 0 Å². The van der Waals surface area contributed by atoms with Crippen molar-refractivity contribution < 1.29 is 9.57 Å². The molecule has 1 aromatic carbocycles. The minimum absolute atomic E-state index is 0.471. The van der Waals surface area contributed by atoms with E-state index < -0.39 is 5.79 Å². The highest BCUT2D eigenvalue weighted by Gasteiger charge is 2.41. The minimum Gasteiger partial charge on any atom is -0.430 e. The molecule has 0 N–H and O–H groups in total. The Hall–Kier alpha value is -1.51. The molecule has 1 heterocycles. The Kier molecular flexibility index (Phi) is 2.75. The Morgan fingerprint density at radius 1 is 0.941 bits per heavy atom. The van der Waals surface area contributed by atoms with E-state index in [0.717, 1.165) is 31.2 Å². The fourth-order valence-corrected chi connectivity index (χ4v) is 2.49. The van der Waals surface area contributed by atoms with Gasteiger partial charge < -0.3 is 9.57 Å². The molecule has 90 valence electrons. The van der Waals surface area contributed by atoms with E-state index in [0.29, 0.717) is 5.90 Å². The first-order chi connectivity index (χ1) is 8.38. The molecule has 3 nitrogen and oxygen atoms in total. The second kappa shape index (κ2) is 4.40. The van der Waals surface area contributed by atoms with Crippen molar-refractivity contribution in [3.05, 3.63) is 35.9 Å². The number of benzene rings is 1. The zero-order valence-electron chi connectivity index (χ0n) is 9.89. The number of ether oxygens (including phenoxy) is 1. The van der Waals surface area contributed by atoms with Gasteiger partial charge in [0.1, 0.15) is 0 Å². The van der Waals surface area contributed by atoms with Gasteiger partial charge in [-0.05, 0) is 30.1 Å². The van der Waals surface area contributed by atoms with Gasteiger partial charge in [0.15, 0.2) is 0 Å². The van der Waals surface area contributed by atoms with Crippen molar-refractivity contribution >= 4 is 5.90 Å². The molecule has 17 heavy (non-hydrogen) atoms. The molecule has 1 aromatic rings. The highest BCUT2D eigenvalue weighted by Crippen LogP contribution is 2.36. The molecule has 0 atom stereocenters. The standard InChI is InChI=1S/C14H17NO2/c1-2-7-11-14(10-6-1)16-13(15-17-14)12-8-4-3-5-9-12/h3-5,8-9H,1-2,6-7,10-11H2. The van der Waals surface area contributed by atoms with Crippen LogP contribution >= 0.6 is 0 Å². The average molecular weight is 231 g/mol. The molecule has 2 aliphatic rings. The van der Waals surface area contributed by atoms with E-state index in [1.54, 1.807) is 0 Å². The third-order valence-corrected chi connectivity index (χ3v) is 3.46. The lowest BCUT2D eigenvalue weighted by Gasteiger charge is -2.24. The van der Waals surface area contributed by atoms with Crippen LogP contribution in [0.3, 0.4) is 0 Å². The summed E-state index contributed by atoms with van der Waals surface area (Å²) in [5.41, 5.74) is 0.994. The van der Waals surface area contributed by atoms with Crippen LogP contribution in [-0.2, 0) is 9.57 Å². The highest BCUT2D eigenvalue weighted by atomic mass is 16.8. The average Bonchev–Trinajstić information content (AvgIpc) is 2.65. The molecule has 0 amide bonds. The Bertz CT molecular complexity index is 405. The van der Waals surface area contributed by atoms with Crippen molar-refractivity contribution in [2.75, 3.05) is 0 Å². The van der Waals surface area contributed by atoms with E-state index in [4.69, 9.17) is 9.57 Å². The Morgan fingerprint density at radius 3 is 2.35 bits per heavy atom. The molecule has 0 aromatic heterocycles. The molecule has 1 aliphatic heterocycles. The molecular weight excluding hydrogens is 214 g/mol. The van der Waals surface area contributed by atoms with Gasteiger partial charge in [0.05, 0.1) is 0 Å². The zero-order valence-corrected chi connectivity index (χ0v) is 9.89. The first-order valence-electron chi connectivity index (χ1n) is 6.39. The lowest BCUT2D eigenvalue weighted by molar-refractivity contribution is -0.167. The summed E-state index contributed by atoms with van der Waals surface area (Å²) in [6.45, 7) is 0. The second-order valence-electron chi connectivity index (χ2n) is 4.78. The van der Waals surface area contributed by atoms with Gasteiger partial charge in [0.25, 0.3) is 11.7 Å². The number of rotatable bonds is 1. The number of nitrogens with zero attached hydrogens (tertiary/aromatic N) is 1. The molecule has 1 aliphatic carbocycles. The van der Waals surface area contributed by atoms with Crippen molar-refractivity contribution in [3.63, 3.8) is 0 Å². The van der Waals surface area contributed by atoms with Gasteiger partial charge in [-0.25, -0.2) is 0 Å². The molecule has 1 fully saturated rings. The van der Waals surface area contributed by atoms with Gasteiger partial charge in [0, 0.05) is 18.4 Å². The van der Waals surface area contributed by atoms with E-state index in [2.05, 4.69) is 5.16 Å². The van der Waals surface area contributed by atoms with Gasteiger partial charge in [-0.3, -0.25) is 0 Å². The van der Waals surface area contributed by atoms with Gasteiger partial charge in [-0.15, -0.1) is 0 Å². The van der Waals surface area contributed by atoms with Gasteiger partial charge in [-0.2, -0.15) is 0 Å². The first-order valence-corrected chi connectivity index (χ1v) is 6.39. The number of hydrogen-bond acceptors (Lipinski definition) is 3. The third-order valence-electron chi connectivity index (χ3n) is 3.46. The minimum atomic E-state index is -0.471. The van der Waals surface area contributed by atoms with Crippen LogP contribution < -0.4 is 0 Å². The molecule has 0 unspecified atom stereocenters. The van der Waals surface area contributed by atoms with Crippen LogP contribution in [-0.4, -0.2) is 11.7 Å². The molecule has 0 saturated heterocycles. The summed E-state index contributed by atoms with van der Waals surface area (Å²) < 4.78 is 5.98. The molecule has 1 spiro atoms. The van der Waals surface area contributed by atoms with Gasteiger partial charge in [-0.1, -0.05) is 31.0 Å². The van der Waals surface area contributed by atoms with Crippen LogP contribution in [0.25, 0.3) is 0 Å². The maximum atomic E-state index is 5.98. The maximum absolute atomic E-state index is 5.98. The van der Waals surface area contributed by atoms with Crippen molar-refractivity contribution in [1.82, 2.24) is 0 Å². The van der Waals surface area contributed by atoms with Crippen LogP contribution in [0.4, 0.5) is 0 Å². The molecule has 0 bridgehead atoms. The number of hydrogen-bond donors (Lipinski definition) is 0. The summed E-state index contributed by atoms with van der Waals surface area (Å²) in [6.07, 6.45) is 6.78. The molecular formula is C14H17NO2. The summed E-state index contributed by atoms with van der Waals surface area (Å²) in [7, 11) is 0. The lowest BCUT2D eigenvalue weighted by Crippen LogP contribution is -2.31. The second-order valence-corrected chi connectivity index (χ2v) is 4.78. The zero-order chi connectivity index (χ0) is 11.6. The van der Waals surface area contributed by atoms with Crippen LogP contribution in [0.15, 0.2) is 35.5 Å². The fourth-order valence-electron chi connectivity index (χ4n) is 2.49. The van der Waals surface area contributed by atoms with Crippen LogP contribution in [0.2, 0.25) is 0 Å². The van der Waals surface area contributed by atoms with Crippen LogP contribution in [0.1, 0.15) is 44.1 Å². The normalized spacial score (nSPS) is 22.5. The number of oxime groups is 1. The van der Waals surface area contributed by atoms with Crippen molar-refractivity contribution in [2.24, 2.45) is 5.16 Å². The van der Waals surface area contributed by atoms with Gasteiger partial charge in [0.2, 0.25) is 0 Å². The first kappa shape index (κ1) is 10.6. The summed E-state index contributed by atoms with van der Waals surface area (Å²) in [5.74, 6) is 0.161. The van der Waals surface area contributed by atoms with Crippen molar-refractivity contribution in [2.45, 2.75) is 44.3 Å². The Balaban J connectivity index is 1.75. The van der Waals surface area contributed by atoms with Crippen LogP contribution in [0.5, 0.6) is 0 Å². The van der Waals surface area contributed by atoms with Gasteiger partial charge >= 0.3 is 0 Å². The maximum Gasteiger partial charge on any atom is 0.277 e.